The lowest BCUT2D eigenvalue weighted by Crippen LogP contribution is -2.53. The van der Waals surface area contributed by atoms with Crippen molar-refractivity contribution in [3.05, 3.63) is 115 Å². The van der Waals surface area contributed by atoms with E-state index in [1.54, 1.807) is 6.26 Å². The van der Waals surface area contributed by atoms with Crippen LogP contribution in [-0.2, 0) is 4.57 Å². The van der Waals surface area contributed by atoms with Crippen molar-refractivity contribution >= 4 is 31.2 Å². The van der Waals surface area contributed by atoms with E-state index in [1.807, 2.05) is 78.9 Å². The van der Waals surface area contributed by atoms with E-state index in [2.05, 4.69) is 42.4 Å². The average molecular weight is 432 g/mol. The smallest absolute Gasteiger partial charge is 0.205 e. The van der Waals surface area contributed by atoms with Crippen LogP contribution in [0.1, 0.15) is 11.4 Å². The molecule has 3 nitrogen and oxygen atoms in total. The summed E-state index contributed by atoms with van der Waals surface area (Å²) in [4.78, 5) is 0. The van der Waals surface area contributed by atoms with Crippen molar-refractivity contribution in [1.82, 2.24) is 5.09 Å². The summed E-state index contributed by atoms with van der Waals surface area (Å²) in [6, 6.07) is 33.8. The van der Waals surface area contributed by atoms with Gasteiger partial charge in [-0.05, 0) is 36.4 Å². The Labute approximate surface area is 179 Å². The SMILES string of the molecule is C[Si](C)(c1ccccc1)C(NP(=O)(c1ccccc1)c1ccccc1)c1ccco1. The maximum atomic E-state index is 14.7. The second-order valence-electron chi connectivity index (χ2n) is 7.95. The normalized spacial score (nSPS) is 13.1. The molecule has 0 amide bonds. The Balaban J connectivity index is 1.86. The van der Waals surface area contributed by atoms with Gasteiger partial charge < -0.3 is 4.42 Å². The third kappa shape index (κ3) is 3.99. The fourth-order valence-electron chi connectivity index (χ4n) is 3.83. The summed E-state index contributed by atoms with van der Waals surface area (Å²) in [5.41, 5.74) is -0.166. The van der Waals surface area contributed by atoms with Crippen LogP contribution in [0.25, 0.3) is 0 Å². The van der Waals surface area contributed by atoms with Crippen molar-refractivity contribution in [2.45, 2.75) is 18.8 Å². The molecule has 4 rings (SSSR count). The molecule has 1 aromatic heterocycles. The quantitative estimate of drug-likeness (QED) is 0.331. The van der Waals surface area contributed by atoms with Crippen molar-refractivity contribution in [2.24, 2.45) is 0 Å². The highest BCUT2D eigenvalue weighted by Crippen LogP contribution is 2.43. The number of hydrogen-bond donors (Lipinski definition) is 1. The van der Waals surface area contributed by atoms with Gasteiger partial charge in [-0.2, -0.15) is 0 Å². The minimum Gasteiger partial charge on any atom is -0.468 e. The largest absolute Gasteiger partial charge is 0.468 e. The van der Waals surface area contributed by atoms with Gasteiger partial charge in [0.15, 0.2) is 0 Å². The lowest BCUT2D eigenvalue weighted by molar-refractivity contribution is 0.488. The van der Waals surface area contributed by atoms with Crippen LogP contribution in [0.2, 0.25) is 13.1 Å². The zero-order valence-corrected chi connectivity index (χ0v) is 19.1. The van der Waals surface area contributed by atoms with Crippen LogP contribution < -0.4 is 20.9 Å². The minimum atomic E-state index is -3.11. The standard InChI is InChI=1S/C25H26NO2PSi/c1-30(2,23-17-10-5-11-18-23)25(24-19-12-20-28-24)26-29(27,21-13-6-3-7-14-21)22-15-8-4-9-16-22/h3-20,25H,1-2H3,(H,26,27). The number of rotatable bonds is 7. The summed E-state index contributed by atoms with van der Waals surface area (Å²) in [6.07, 6.45) is 1.69. The molecule has 0 aliphatic carbocycles. The minimum absolute atomic E-state index is 0.166. The van der Waals surface area contributed by atoms with Gasteiger partial charge in [-0.3, -0.25) is 9.65 Å². The van der Waals surface area contributed by atoms with Crippen LogP contribution in [0, 0.1) is 0 Å². The van der Waals surface area contributed by atoms with Crippen molar-refractivity contribution < 1.29 is 8.98 Å². The Kier molecular flexibility index (Phi) is 5.91. The lowest BCUT2D eigenvalue weighted by atomic mass is 10.4. The molecule has 5 heteroatoms. The molecule has 152 valence electrons. The highest BCUT2D eigenvalue weighted by molar-refractivity contribution is 7.77. The molecule has 0 saturated carbocycles. The predicted octanol–water partition coefficient (Wildman–Crippen LogP) is 4.99. The Morgan fingerprint density at radius 2 is 1.23 bits per heavy atom. The molecule has 1 N–H and O–H groups in total. The first-order chi connectivity index (χ1) is 14.5. The van der Waals surface area contributed by atoms with E-state index in [0.717, 1.165) is 16.4 Å². The van der Waals surface area contributed by atoms with Crippen LogP contribution in [0.15, 0.2) is 114 Å². The highest BCUT2D eigenvalue weighted by atomic mass is 31.2. The van der Waals surface area contributed by atoms with E-state index in [9.17, 15) is 4.57 Å². The van der Waals surface area contributed by atoms with Crippen LogP contribution in [0.3, 0.4) is 0 Å². The topological polar surface area (TPSA) is 42.2 Å². The van der Waals surface area contributed by atoms with Gasteiger partial charge in [0.25, 0.3) is 0 Å². The number of nitrogens with one attached hydrogen (secondary N) is 1. The first kappa shape index (κ1) is 20.6. The molecule has 0 bridgehead atoms. The second kappa shape index (κ2) is 8.61. The molecule has 0 fully saturated rings. The second-order valence-corrected chi connectivity index (χ2v) is 15.1. The molecule has 1 atom stereocenters. The monoisotopic (exact) mass is 431 g/mol. The molecule has 1 heterocycles. The van der Waals surface area contributed by atoms with E-state index in [1.165, 1.54) is 5.19 Å². The molecular weight excluding hydrogens is 405 g/mol. The molecule has 0 spiro atoms. The van der Waals surface area contributed by atoms with Crippen molar-refractivity contribution in [2.75, 3.05) is 0 Å². The molecule has 4 aromatic rings. The maximum absolute atomic E-state index is 14.7. The molecule has 0 aliphatic heterocycles. The van der Waals surface area contributed by atoms with Gasteiger partial charge in [0, 0.05) is 10.6 Å². The van der Waals surface area contributed by atoms with Gasteiger partial charge in [-0.15, -0.1) is 0 Å². The zero-order chi connectivity index (χ0) is 21.0. The maximum Gasteiger partial charge on any atom is 0.205 e. The summed E-state index contributed by atoms with van der Waals surface area (Å²) in [5.74, 6) is 0.822. The Bertz CT molecular complexity index is 1070. The molecule has 3 aromatic carbocycles. The molecular formula is C25H26NO2PSi. The summed E-state index contributed by atoms with van der Waals surface area (Å²) >= 11 is 0. The summed E-state index contributed by atoms with van der Waals surface area (Å²) < 4.78 is 20.5. The van der Waals surface area contributed by atoms with Gasteiger partial charge >= 0.3 is 0 Å². The van der Waals surface area contributed by atoms with Gasteiger partial charge in [0.1, 0.15) is 13.8 Å². The molecule has 0 radical (unpaired) electrons. The fourth-order valence-corrected chi connectivity index (χ4v) is 10.2. The van der Waals surface area contributed by atoms with E-state index in [0.29, 0.717) is 0 Å². The molecule has 1 unspecified atom stereocenters. The van der Waals surface area contributed by atoms with E-state index in [4.69, 9.17) is 4.42 Å². The predicted molar refractivity (Wildman–Crippen MR) is 128 cm³/mol. The van der Waals surface area contributed by atoms with Crippen LogP contribution in [0.4, 0.5) is 0 Å². The van der Waals surface area contributed by atoms with E-state index in [-0.39, 0.29) is 5.67 Å². The Morgan fingerprint density at radius 1 is 0.733 bits per heavy atom. The van der Waals surface area contributed by atoms with Crippen molar-refractivity contribution in [3.63, 3.8) is 0 Å². The van der Waals surface area contributed by atoms with Gasteiger partial charge in [-0.25, -0.2) is 0 Å². The van der Waals surface area contributed by atoms with Crippen LogP contribution in [0.5, 0.6) is 0 Å². The third-order valence-corrected chi connectivity index (χ3v) is 12.2. The Hall–Kier alpha value is -2.65. The molecule has 30 heavy (non-hydrogen) atoms. The van der Waals surface area contributed by atoms with E-state index < -0.39 is 15.4 Å². The van der Waals surface area contributed by atoms with Crippen LogP contribution >= 0.6 is 7.29 Å². The summed E-state index contributed by atoms with van der Waals surface area (Å²) in [6.45, 7) is 4.59. The lowest BCUT2D eigenvalue weighted by Gasteiger charge is -2.35. The first-order valence-electron chi connectivity index (χ1n) is 10.1. The van der Waals surface area contributed by atoms with Gasteiger partial charge in [0.05, 0.1) is 11.9 Å². The summed E-state index contributed by atoms with van der Waals surface area (Å²) in [7, 11) is -5.28. The first-order valence-corrected chi connectivity index (χ1v) is 14.9. The average Bonchev–Trinajstić information content (AvgIpc) is 3.33. The Morgan fingerprint density at radius 3 is 1.70 bits per heavy atom. The summed E-state index contributed by atoms with van der Waals surface area (Å²) in [5, 5.41) is 6.51. The van der Waals surface area contributed by atoms with Gasteiger partial charge in [-0.1, -0.05) is 85.0 Å². The van der Waals surface area contributed by atoms with Crippen LogP contribution in [-0.4, -0.2) is 8.07 Å². The van der Waals surface area contributed by atoms with Gasteiger partial charge in [0.2, 0.25) is 7.29 Å². The number of benzene rings is 3. The highest BCUT2D eigenvalue weighted by Gasteiger charge is 2.42. The van der Waals surface area contributed by atoms with E-state index >= 15 is 0 Å². The van der Waals surface area contributed by atoms with Crippen molar-refractivity contribution in [1.29, 1.82) is 0 Å². The molecule has 0 saturated heterocycles. The number of hydrogen-bond acceptors (Lipinski definition) is 2. The number of furan rings is 1. The van der Waals surface area contributed by atoms with Crippen molar-refractivity contribution in [3.8, 4) is 0 Å². The fraction of sp³-hybridized carbons (Fsp3) is 0.120. The molecule has 0 aliphatic rings. The zero-order valence-electron chi connectivity index (χ0n) is 17.2. The third-order valence-electron chi connectivity index (χ3n) is 5.62.